The molecule has 0 saturated heterocycles. The van der Waals surface area contributed by atoms with E-state index in [1.54, 1.807) is 7.11 Å². The molecule has 90 heavy (non-hydrogen) atoms. The molecule has 0 radical (unpaired) electrons. The summed E-state index contributed by atoms with van der Waals surface area (Å²) in [6.45, 7) is 16.8. The summed E-state index contributed by atoms with van der Waals surface area (Å²) in [5, 5.41) is 9.08. The number of nitrogens with zero attached hydrogens (tertiary/aromatic N) is 1. The van der Waals surface area contributed by atoms with Crippen LogP contribution in [0, 0.1) is 20.8 Å². The van der Waals surface area contributed by atoms with Crippen molar-refractivity contribution in [2.24, 2.45) is 0 Å². The van der Waals surface area contributed by atoms with E-state index in [-0.39, 0.29) is 6.61 Å². The third kappa shape index (κ3) is 14.2. The molecule has 0 bridgehead atoms. The van der Waals surface area contributed by atoms with E-state index in [1.807, 2.05) is 0 Å². The number of benzene rings is 8. The van der Waals surface area contributed by atoms with Crippen molar-refractivity contribution in [2.45, 2.75) is 116 Å². The van der Waals surface area contributed by atoms with Gasteiger partial charge < -0.3 is 43.2 Å². The number of aliphatic hydroxyl groups excluding tert-OH is 1. The lowest BCUT2D eigenvalue weighted by Gasteiger charge is -2.37. The topological polar surface area (TPSA) is 88.1 Å². The van der Waals surface area contributed by atoms with Gasteiger partial charge in [0, 0.05) is 21.2 Å². The second-order valence-electron chi connectivity index (χ2n) is 24.8. The highest BCUT2D eigenvalue weighted by Crippen LogP contribution is 2.61. The van der Waals surface area contributed by atoms with Crippen LogP contribution in [-0.4, -0.2) is 106 Å². The molecule has 0 aromatic heterocycles. The Labute approximate surface area is 537 Å². The summed E-state index contributed by atoms with van der Waals surface area (Å²) in [7, 11) is 5.88. The van der Waals surface area contributed by atoms with Crippen LogP contribution < -0.4 is 9.64 Å². The minimum absolute atomic E-state index is 0.00133. The number of rotatable bonds is 36. The summed E-state index contributed by atoms with van der Waals surface area (Å²) in [5.74, 6) is 0.795. The molecule has 0 spiro atoms. The van der Waals surface area contributed by atoms with Gasteiger partial charge in [0.1, 0.15) is 12.4 Å². The molecule has 1 N–H and O–H groups in total. The molecular formula is C81H97NO8. The Morgan fingerprint density at radius 2 is 0.867 bits per heavy atom. The Balaban J connectivity index is 1.13. The van der Waals surface area contributed by atoms with Gasteiger partial charge in [0.05, 0.1) is 95.8 Å². The number of hydrogen-bond donors (Lipinski definition) is 1. The molecule has 8 aromatic carbocycles. The summed E-state index contributed by atoms with van der Waals surface area (Å²) in [4.78, 5) is 2.17. The number of unbranched alkanes of at least 4 members (excludes halogenated alkanes) is 6. The molecule has 8 aromatic rings. The van der Waals surface area contributed by atoms with Gasteiger partial charge in [0.15, 0.2) is 0 Å². The minimum atomic E-state index is -0.750. The van der Waals surface area contributed by atoms with Crippen LogP contribution >= 0.6 is 0 Å². The first-order chi connectivity index (χ1) is 44.1. The van der Waals surface area contributed by atoms with Crippen molar-refractivity contribution in [1.29, 1.82) is 0 Å². The maximum atomic E-state index is 9.08. The molecular weight excluding hydrogens is 1110 g/mol. The Morgan fingerprint density at radius 3 is 1.40 bits per heavy atom. The highest BCUT2D eigenvalue weighted by Gasteiger charge is 2.50. The first-order valence-electron chi connectivity index (χ1n) is 33.3. The van der Waals surface area contributed by atoms with Crippen molar-refractivity contribution < 1.29 is 38.3 Å². The molecule has 1 unspecified atom stereocenters. The van der Waals surface area contributed by atoms with Gasteiger partial charge in [-0.2, -0.15) is 0 Å². The summed E-state index contributed by atoms with van der Waals surface area (Å²) < 4.78 is 40.8. The zero-order valence-electron chi connectivity index (χ0n) is 55.0. The number of ether oxygens (including phenoxy) is 7. The average Bonchev–Trinajstić information content (AvgIpc) is 1.51. The molecule has 474 valence electrons. The minimum Gasteiger partial charge on any atom is -0.489 e. The number of aryl methyl sites for hydroxylation is 5. The molecule has 2 aliphatic carbocycles. The number of anilines is 1. The molecule has 9 nitrogen and oxygen atoms in total. The fraction of sp³-hybridized carbons (Fsp3) is 0.407. The molecule has 1 atom stereocenters. The smallest absolute Gasteiger partial charge is 0.142 e. The van der Waals surface area contributed by atoms with E-state index in [9.17, 15) is 0 Å². The molecule has 10 rings (SSSR count). The Bertz CT molecular complexity index is 3590. The molecule has 9 heteroatoms. The predicted octanol–water partition coefficient (Wildman–Crippen LogP) is 16.9. The normalized spacial score (nSPS) is 14.4. The summed E-state index contributed by atoms with van der Waals surface area (Å²) in [6.07, 6.45) is 11.8. The fourth-order valence-electron chi connectivity index (χ4n) is 14.1. The lowest BCUT2D eigenvalue weighted by molar-refractivity contribution is 0.00444. The fourth-order valence-corrected chi connectivity index (χ4v) is 14.1. The van der Waals surface area contributed by atoms with Gasteiger partial charge in [-0.25, -0.2) is 0 Å². The van der Waals surface area contributed by atoms with Gasteiger partial charge in [-0.3, -0.25) is 0 Å². The Hall–Kier alpha value is -6.92. The monoisotopic (exact) mass is 1210 g/mol. The molecule has 0 saturated carbocycles. The van der Waals surface area contributed by atoms with E-state index in [0.717, 1.165) is 53.8 Å². The second kappa shape index (κ2) is 31.9. The van der Waals surface area contributed by atoms with Crippen molar-refractivity contribution >= 4 is 5.69 Å². The number of fused-ring (bicyclic) bond motifs is 6. The standard InChI is InChI=1S/C81H97NO8/c1-9-11-13-15-21-61-23-17-19-25-72(61)81(73-26-20-18-24-62(73)22-16-14-12-10-2)75-52-59(4)28-35-69(75)71-37-31-64(55-77(71)81)63-30-36-70-68-34-27-58(3)51-74(68)80(76(70)54-63,66-32-29-65(60(5)53-66)57-89-48-47-87-44-43-85-40-39-83)67-33-38-79(78(56-67)82(6)7)90-50-49-88-46-45-86-42-41-84-8/h17-20,23-38,51-56,83H,9-16,21-22,39-50,57H2,1-8H3. The van der Waals surface area contributed by atoms with E-state index < -0.39 is 10.8 Å². The Kier molecular flexibility index (Phi) is 23.4. The van der Waals surface area contributed by atoms with Crippen LogP contribution in [0.15, 0.2) is 158 Å². The first kappa shape index (κ1) is 66.0. The van der Waals surface area contributed by atoms with Crippen LogP contribution in [-0.2, 0) is 58.7 Å². The van der Waals surface area contributed by atoms with Crippen molar-refractivity contribution in [3.8, 4) is 39.1 Å². The molecule has 2 aliphatic rings. The van der Waals surface area contributed by atoms with Gasteiger partial charge in [-0.15, -0.1) is 0 Å². The van der Waals surface area contributed by atoms with Gasteiger partial charge in [0.2, 0.25) is 0 Å². The van der Waals surface area contributed by atoms with E-state index in [1.165, 1.54) is 133 Å². The largest absolute Gasteiger partial charge is 0.489 e. The Morgan fingerprint density at radius 1 is 0.400 bits per heavy atom. The average molecular weight is 1210 g/mol. The van der Waals surface area contributed by atoms with E-state index in [2.05, 4.69) is 211 Å². The molecule has 0 amide bonds. The third-order valence-corrected chi connectivity index (χ3v) is 18.5. The molecule has 0 heterocycles. The maximum Gasteiger partial charge on any atom is 0.142 e. The van der Waals surface area contributed by atoms with Crippen LogP contribution in [0.3, 0.4) is 0 Å². The van der Waals surface area contributed by atoms with Crippen molar-refractivity contribution in [3.63, 3.8) is 0 Å². The van der Waals surface area contributed by atoms with Crippen LogP contribution in [0.4, 0.5) is 5.69 Å². The van der Waals surface area contributed by atoms with Crippen molar-refractivity contribution in [1.82, 2.24) is 0 Å². The van der Waals surface area contributed by atoms with Crippen molar-refractivity contribution in [2.75, 3.05) is 105 Å². The van der Waals surface area contributed by atoms with Crippen molar-refractivity contribution in [3.05, 3.63) is 236 Å². The van der Waals surface area contributed by atoms with Crippen LogP contribution in [0.5, 0.6) is 5.75 Å². The third-order valence-electron chi connectivity index (χ3n) is 18.5. The van der Waals surface area contributed by atoms with Crippen LogP contribution in [0.2, 0.25) is 0 Å². The molecule has 0 aliphatic heterocycles. The maximum absolute atomic E-state index is 9.08. The predicted molar refractivity (Wildman–Crippen MR) is 368 cm³/mol. The van der Waals surface area contributed by atoms with E-state index >= 15 is 0 Å². The summed E-state index contributed by atoms with van der Waals surface area (Å²) in [6, 6.07) is 61.8. The second-order valence-corrected chi connectivity index (χ2v) is 24.8. The number of hydrogen-bond acceptors (Lipinski definition) is 9. The summed E-state index contributed by atoms with van der Waals surface area (Å²) in [5.41, 5.74) is 25.1. The highest BCUT2D eigenvalue weighted by atomic mass is 16.6. The lowest BCUT2D eigenvalue weighted by atomic mass is 9.64. The van der Waals surface area contributed by atoms with Crippen LogP contribution in [0.25, 0.3) is 33.4 Å². The lowest BCUT2D eigenvalue weighted by Crippen LogP contribution is -2.31. The summed E-state index contributed by atoms with van der Waals surface area (Å²) >= 11 is 0. The van der Waals surface area contributed by atoms with Gasteiger partial charge in [-0.1, -0.05) is 197 Å². The van der Waals surface area contributed by atoms with Crippen LogP contribution in [0.1, 0.15) is 143 Å². The van der Waals surface area contributed by atoms with Gasteiger partial charge in [0.25, 0.3) is 0 Å². The zero-order valence-corrected chi connectivity index (χ0v) is 55.0. The SMILES string of the molecule is CCCCCCc1ccccc1C1(c2ccccc2CCCCCC)c2cc(C)ccc2-c2ccc(-c3ccc4c(c3)C(c3ccc(COCCOCCOCCO)c(C)c3)(c3ccc(OCCOCCOCCOC)c(N(C)C)c3)c3cc(C)ccc3-4)cc21. The first-order valence-corrected chi connectivity index (χ1v) is 33.3. The van der Waals surface area contributed by atoms with Gasteiger partial charge >= 0.3 is 0 Å². The van der Waals surface area contributed by atoms with Gasteiger partial charge in [-0.05, 0) is 171 Å². The zero-order chi connectivity index (χ0) is 62.9. The number of aliphatic hydroxyl groups is 1. The number of methoxy groups -OCH3 is 1. The van der Waals surface area contributed by atoms with E-state index in [0.29, 0.717) is 79.3 Å². The quantitative estimate of drug-likeness (QED) is 0.0386. The highest BCUT2D eigenvalue weighted by molar-refractivity contribution is 5.92. The molecule has 0 fully saturated rings. The van der Waals surface area contributed by atoms with E-state index in [4.69, 9.17) is 38.3 Å².